The Labute approximate surface area is 228 Å². The fraction of sp³-hybridized carbons (Fsp3) is 0.516. The first-order chi connectivity index (χ1) is 18.4. The third kappa shape index (κ3) is 4.47. The second-order valence-corrected chi connectivity index (χ2v) is 13.4. The van der Waals surface area contributed by atoms with Gasteiger partial charge in [-0.2, -0.15) is 0 Å². The van der Waals surface area contributed by atoms with Crippen LogP contribution in [0.5, 0.6) is 0 Å². The van der Waals surface area contributed by atoms with Crippen molar-refractivity contribution in [2.24, 2.45) is 17.8 Å². The van der Waals surface area contributed by atoms with Gasteiger partial charge in [-0.15, -0.1) is 11.8 Å². The summed E-state index contributed by atoms with van der Waals surface area (Å²) in [7, 11) is 0. The van der Waals surface area contributed by atoms with Crippen LogP contribution in [-0.4, -0.2) is 34.2 Å². The highest BCUT2D eigenvalue weighted by Gasteiger charge is 2.50. The van der Waals surface area contributed by atoms with Gasteiger partial charge in [0.05, 0.1) is 0 Å². The zero-order valence-corrected chi connectivity index (χ0v) is 22.5. The third-order valence-corrected chi connectivity index (χ3v) is 10.8. The minimum absolute atomic E-state index is 0.116. The predicted molar refractivity (Wildman–Crippen MR) is 146 cm³/mol. The lowest BCUT2D eigenvalue weighted by atomic mass is 9.53. The molecular weight excluding hydrogens is 494 g/mol. The van der Waals surface area contributed by atoms with Crippen LogP contribution in [0.2, 0.25) is 0 Å². The molecule has 1 unspecified atom stereocenters. The molecule has 4 aliphatic carbocycles. The molecule has 0 spiro atoms. The molecule has 5 fully saturated rings. The molecule has 2 aromatic carbocycles. The number of rotatable bonds is 7. The van der Waals surface area contributed by atoms with E-state index in [2.05, 4.69) is 41.0 Å². The Balaban J connectivity index is 1.01. The Hall–Kier alpha value is -2.64. The first kappa shape index (κ1) is 24.4. The van der Waals surface area contributed by atoms with Gasteiger partial charge in [-0.05, 0) is 91.5 Å². The molecule has 6 nitrogen and oxygen atoms in total. The zero-order valence-electron chi connectivity index (χ0n) is 21.7. The summed E-state index contributed by atoms with van der Waals surface area (Å²) in [6, 6.07) is 14.2. The molecule has 4 bridgehead atoms. The van der Waals surface area contributed by atoms with Crippen LogP contribution < -0.4 is 10.6 Å². The van der Waals surface area contributed by atoms with Gasteiger partial charge in [0.1, 0.15) is 6.04 Å². The second kappa shape index (κ2) is 9.53. The van der Waals surface area contributed by atoms with Crippen LogP contribution in [-0.2, 0) is 28.4 Å². The second-order valence-electron chi connectivity index (χ2n) is 12.3. The molecule has 0 aromatic heterocycles. The summed E-state index contributed by atoms with van der Waals surface area (Å²) in [5.41, 5.74) is 4.66. The van der Waals surface area contributed by atoms with E-state index in [1.807, 2.05) is 12.1 Å². The fourth-order valence-electron chi connectivity index (χ4n) is 8.30. The smallest absolute Gasteiger partial charge is 0.255 e. The first-order valence-electron chi connectivity index (χ1n) is 14.2. The lowest BCUT2D eigenvalue weighted by molar-refractivity contribution is -0.136. The van der Waals surface area contributed by atoms with Gasteiger partial charge in [0, 0.05) is 41.3 Å². The molecule has 1 atom stereocenters. The van der Waals surface area contributed by atoms with E-state index < -0.39 is 6.04 Å². The van der Waals surface area contributed by atoms with Gasteiger partial charge in [-0.3, -0.25) is 19.7 Å². The number of hydrogen-bond donors (Lipinski definition) is 2. The number of benzene rings is 2. The molecule has 7 heteroatoms. The van der Waals surface area contributed by atoms with Crippen LogP contribution >= 0.6 is 11.8 Å². The largest absolute Gasteiger partial charge is 0.322 e. The van der Waals surface area contributed by atoms with E-state index in [1.54, 1.807) is 16.7 Å². The SMILES string of the molecule is O=C1CCC(N2Cc3c(SCc4cccc(CNC56CC7CC(CC(C7)C5)C6)c4)cccc3C2=O)C(=O)N1. The Morgan fingerprint density at radius 1 is 0.947 bits per heavy atom. The average Bonchev–Trinajstić information content (AvgIpc) is 3.22. The molecule has 2 heterocycles. The van der Waals surface area contributed by atoms with Gasteiger partial charge < -0.3 is 10.2 Å². The first-order valence-corrected chi connectivity index (χ1v) is 15.2. The van der Waals surface area contributed by atoms with Crippen molar-refractivity contribution in [3.8, 4) is 0 Å². The summed E-state index contributed by atoms with van der Waals surface area (Å²) >= 11 is 1.75. The number of amides is 3. The van der Waals surface area contributed by atoms with E-state index in [1.165, 1.54) is 49.7 Å². The molecule has 1 saturated heterocycles. The molecule has 4 saturated carbocycles. The number of nitrogens with one attached hydrogen (secondary N) is 2. The van der Waals surface area contributed by atoms with Crippen molar-refractivity contribution in [3.05, 3.63) is 64.7 Å². The van der Waals surface area contributed by atoms with E-state index in [-0.39, 0.29) is 24.1 Å². The summed E-state index contributed by atoms with van der Waals surface area (Å²) in [5, 5.41) is 6.41. The number of nitrogens with zero attached hydrogens (tertiary/aromatic N) is 1. The Bertz CT molecular complexity index is 1270. The van der Waals surface area contributed by atoms with Gasteiger partial charge in [-0.1, -0.05) is 30.3 Å². The molecule has 3 amide bonds. The van der Waals surface area contributed by atoms with Crippen LogP contribution in [0.3, 0.4) is 0 Å². The molecular formula is C31H35N3O3S. The zero-order chi connectivity index (χ0) is 25.9. The van der Waals surface area contributed by atoms with Crippen molar-refractivity contribution in [1.29, 1.82) is 0 Å². The lowest BCUT2D eigenvalue weighted by Crippen LogP contribution is -2.58. The van der Waals surface area contributed by atoms with E-state index >= 15 is 0 Å². The number of fused-ring (bicyclic) bond motifs is 1. The van der Waals surface area contributed by atoms with E-state index in [9.17, 15) is 14.4 Å². The van der Waals surface area contributed by atoms with E-state index in [4.69, 9.17) is 0 Å². The van der Waals surface area contributed by atoms with Gasteiger partial charge in [0.25, 0.3) is 5.91 Å². The van der Waals surface area contributed by atoms with Gasteiger partial charge in [-0.25, -0.2) is 0 Å². The molecule has 2 aliphatic heterocycles. The Kier molecular flexibility index (Phi) is 6.12. The summed E-state index contributed by atoms with van der Waals surface area (Å²) < 4.78 is 0. The summed E-state index contributed by atoms with van der Waals surface area (Å²) in [5.74, 6) is 2.92. The van der Waals surface area contributed by atoms with Gasteiger partial charge in [0.2, 0.25) is 11.8 Å². The van der Waals surface area contributed by atoms with Crippen LogP contribution in [0.15, 0.2) is 47.4 Å². The molecule has 0 radical (unpaired) electrons. The monoisotopic (exact) mass is 529 g/mol. The average molecular weight is 530 g/mol. The van der Waals surface area contributed by atoms with Crippen LogP contribution in [0.1, 0.15) is 78.4 Å². The van der Waals surface area contributed by atoms with Crippen molar-refractivity contribution in [2.75, 3.05) is 0 Å². The van der Waals surface area contributed by atoms with Crippen LogP contribution in [0.4, 0.5) is 0 Å². The minimum atomic E-state index is -0.580. The van der Waals surface area contributed by atoms with Crippen molar-refractivity contribution in [3.63, 3.8) is 0 Å². The molecule has 6 aliphatic rings. The number of hydrogen-bond acceptors (Lipinski definition) is 5. The number of imide groups is 1. The van der Waals surface area contributed by atoms with Crippen LogP contribution in [0.25, 0.3) is 0 Å². The van der Waals surface area contributed by atoms with Crippen molar-refractivity contribution in [1.82, 2.24) is 15.5 Å². The maximum atomic E-state index is 13.1. The maximum absolute atomic E-state index is 13.1. The quantitative estimate of drug-likeness (QED) is 0.398. The van der Waals surface area contributed by atoms with Crippen molar-refractivity contribution in [2.45, 2.75) is 86.7 Å². The molecule has 38 heavy (non-hydrogen) atoms. The third-order valence-electron chi connectivity index (χ3n) is 9.63. The number of carbonyl (C=O) groups is 3. The van der Waals surface area contributed by atoms with Crippen molar-refractivity contribution < 1.29 is 14.4 Å². The number of thioether (sulfide) groups is 1. The highest BCUT2D eigenvalue weighted by atomic mass is 32.2. The highest BCUT2D eigenvalue weighted by molar-refractivity contribution is 7.98. The predicted octanol–water partition coefficient (Wildman–Crippen LogP) is 4.80. The van der Waals surface area contributed by atoms with Crippen molar-refractivity contribution >= 4 is 29.5 Å². The van der Waals surface area contributed by atoms with E-state index in [0.717, 1.165) is 40.5 Å². The Morgan fingerprint density at radius 2 is 1.66 bits per heavy atom. The van der Waals surface area contributed by atoms with Gasteiger partial charge >= 0.3 is 0 Å². The maximum Gasteiger partial charge on any atom is 0.255 e. The molecule has 2 aromatic rings. The minimum Gasteiger partial charge on any atom is -0.322 e. The summed E-state index contributed by atoms with van der Waals surface area (Å²) in [6.45, 7) is 1.35. The normalized spacial score (nSPS) is 31.6. The number of piperidine rings is 1. The number of carbonyl (C=O) groups excluding carboxylic acids is 3. The summed E-state index contributed by atoms with van der Waals surface area (Å²) in [4.78, 5) is 39.8. The van der Waals surface area contributed by atoms with E-state index in [0.29, 0.717) is 24.1 Å². The Morgan fingerprint density at radius 3 is 2.39 bits per heavy atom. The van der Waals surface area contributed by atoms with Gasteiger partial charge in [0.15, 0.2) is 0 Å². The molecule has 8 rings (SSSR count). The van der Waals surface area contributed by atoms with Crippen LogP contribution in [0, 0.1) is 17.8 Å². The topological polar surface area (TPSA) is 78.5 Å². The molecule has 198 valence electrons. The summed E-state index contributed by atoms with van der Waals surface area (Å²) in [6.07, 6.45) is 9.14. The standard InChI is InChI=1S/C31H35N3O3S/c35-28-8-7-26(29(36)33-28)34-17-25-24(30(34)37)5-2-6-27(25)38-18-20-4-1-3-19(9-20)16-32-31-13-21-10-22(14-31)12-23(11-21)15-31/h1-6,9,21-23,26,32H,7-8,10-18H2,(H,33,35,36). The fourth-order valence-corrected chi connectivity index (χ4v) is 9.32. The highest BCUT2D eigenvalue weighted by Crippen LogP contribution is 2.55. The molecule has 2 N–H and O–H groups in total. The lowest BCUT2D eigenvalue weighted by Gasteiger charge is -2.57.